The molecule has 3 heteroatoms. The zero-order valence-electron chi connectivity index (χ0n) is 14.1. The maximum atomic E-state index is 12.0. The van der Waals surface area contributed by atoms with Crippen molar-refractivity contribution in [3.63, 3.8) is 0 Å². The average molecular weight is 302 g/mol. The quantitative estimate of drug-likeness (QED) is 0.838. The fourth-order valence-corrected chi connectivity index (χ4v) is 3.17. The Morgan fingerprint density at radius 1 is 1.23 bits per heavy atom. The normalized spacial score (nSPS) is 17.2. The van der Waals surface area contributed by atoms with E-state index in [1.807, 2.05) is 0 Å². The van der Waals surface area contributed by atoms with Gasteiger partial charge in [0.15, 0.2) is 0 Å². The van der Waals surface area contributed by atoms with E-state index in [1.165, 1.54) is 43.5 Å². The lowest BCUT2D eigenvalue weighted by Crippen LogP contribution is -2.44. The van der Waals surface area contributed by atoms with Crippen molar-refractivity contribution >= 4 is 5.91 Å². The zero-order chi connectivity index (χ0) is 15.8. The number of hydrogen-bond acceptors (Lipinski definition) is 2. The first-order valence-corrected chi connectivity index (χ1v) is 8.72. The van der Waals surface area contributed by atoms with Gasteiger partial charge in [0.25, 0.3) is 0 Å². The predicted molar refractivity (Wildman–Crippen MR) is 92.0 cm³/mol. The number of likely N-dealkylation sites (tertiary alicyclic amines) is 1. The molecule has 1 unspecified atom stereocenters. The molecule has 0 radical (unpaired) electrons. The lowest BCUT2D eigenvalue weighted by Gasteiger charge is -2.32. The third kappa shape index (κ3) is 5.45. The lowest BCUT2D eigenvalue weighted by molar-refractivity contribution is -0.121. The zero-order valence-corrected chi connectivity index (χ0v) is 14.1. The van der Waals surface area contributed by atoms with Crippen LogP contribution in [0.1, 0.15) is 50.2 Å². The molecule has 2 rings (SSSR count). The molecule has 22 heavy (non-hydrogen) atoms. The van der Waals surface area contributed by atoms with Crippen molar-refractivity contribution < 1.29 is 4.79 Å². The molecule has 1 saturated heterocycles. The van der Waals surface area contributed by atoms with E-state index in [1.54, 1.807) is 0 Å². The van der Waals surface area contributed by atoms with Crippen LogP contribution in [-0.2, 0) is 11.2 Å². The molecule has 0 aliphatic carbocycles. The van der Waals surface area contributed by atoms with Crippen molar-refractivity contribution in [2.24, 2.45) is 0 Å². The number of carbonyl (C=O) groups is 1. The van der Waals surface area contributed by atoms with E-state index < -0.39 is 0 Å². The number of nitrogens with one attached hydrogen (secondary N) is 1. The lowest BCUT2D eigenvalue weighted by atomic mass is 10.0. The van der Waals surface area contributed by atoms with E-state index in [9.17, 15) is 4.79 Å². The van der Waals surface area contributed by atoms with Crippen LogP contribution >= 0.6 is 0 Å². The predicted octanol–water partition coefficient (Wildman–Crippen LogP) is 3.31. The minimum absolute atomic E-state index is 0.192. The summed E-state index contributed by atoms with van der Waals surface area (Å²) in [6.07, 6.45) is 6.50. The summed E-state index contributed by atoms with van der Waals surface area (Å²) in [4.78, 5) is 14.5. The molecule has 1 fully saturated rings. The fraction of sp³-hybridized carbons (Fsp3) is 0.632. The molecule has 3 nitrogen and oxygen atoms in total. The number of amides is 1. The molecule has 0 saturated carbocycles. The number of rotatable bonds is 7. The Bertz CT molecular complexity index is 466. The highest BCUT2D eigenvalue weighted by Gasteiger charge is 2.16. The Balaban J connectivity index is 1.62. The van der Waals surface area contributed by atoms with Crippen molar-refractivity contribution in [3.8, 4) is 0 Å². The third-order valence-corrected chi connectivity index (χ3v) is 4.72. The molecule has 1 atom stereocenters. The summed E-state index contributed by atoms with van der Waals surface area (Å²) >= 11 is 0. The highest BCUT2D eigenvalue weighted by atomic mass is 16.1. The van der Waals surface area contributed by atoms with Crippen LogP contribution in [0.5, 0.6) is 0 Å². The minimum Gasteiger partial charge on any atom is -0.355 e. The number of carbonyl (C=O) groups excluding carboxylic acids is 1. The van der Waals surface area contributed by atoms with Gasteiger partial charge in [-0.1, -0.05) is 30.7 Å². The van der Waals surface area contributed by atoms with Gasteiger partial charge in [0.2, 0.25) is 5.91 Å². The summed E-state index contributed by atoms with van der Waals surface area (Å²) in [5.41, 5.74) is 2.68. The largest absolute Gasteiger partial charge is 0.355 e. The number of nitrogens with zero attached hydrogens (tertiary/aromatic N) is 1. The van der Waals surface area contributed by atoms with Gasteiger partial charge in [-0.2, -0.15) is 0 Å². The van der Waals surface area contributed by atoms with Gasteiger partial charge in [-0.3, -0.25) is 9.69 Å². The number of hydrogen-bond donors (Lipinski definition) is 1. The maximum Gasteiger partial charge on any atom is 0.220 e. The number of piperidine rings is 1. The molecule has 1 aromatic rings. The summed E-state index contributed by atoms with van der Waals surface area (Å²) in [7, 11) is 0. The Labute approximate surface area is 135 Å². The van der Waals surface area contributed by atoms with Gasteiger partial charge < -0.3 is 5.32 Å². The standard InChI is InChI=1S/C19H30N2O/c1-16-9-4-5-10-18(16)11-8-12-19(22)20-15-17(2)21-13-6-3-7-14-21/h4-5,9-10,17H,3,6-8,11-15H2,1-2H3,(H,20,22). The Kier molecular flexibility index (Phi) is 6.91. The smallest absolute Gasteiger partial charge is 0.220 e. The van der Waals surface area contributed by atoms with E-state index in [2.05, 4.69) is 48.3 Å². The maximum absolute atomic E-state index is 12.0. The van der Waals surface area contributed by atoms with Gasteiger partial charge in [-0.15, -0.1) is 0 Å². The van der Waals surface area contributed by atoms with Crippen molar-refractivity contribution in [1.82, 2.24) is 10.2 Å². The molecule has 0 bridgehead atoms. The highest BCUT2D eigenvalue weighted by molar-refractivity contribution is 5.75. The van der Waals surface area contributed by atoms with Gasteiger partial charge in [-0.25, -0.2) is 0 Å². The summed E-state index contributed by atoms with van der Waals surface area (Å²) in [6.45, 7) is 7.51. The second-order valence-electron chi connectivity index (χ2n) is 6.53. The molecule has 1 heterocycles. The molecule has 1 aliphatic heterocycles. The van der Waals surface area contributed by atoms with Gasteiger partial charge in [0.1, 0.15) is 0 Å². The molecule has 1 aliphatic rings. The second-order valence-corrected chi connectivity index (χ2v) is 6.53. The summed E-state index contributed by atoms with van der Waals surface area (Å²) < 4.78 is 0. The monoisotopic (exact) mass is 302 g/mol. The first-order valence-electron chi connectivity index (χ1n) is 8.72. The molecule has 1 aromatic carbocycles. The van der Waals surface area contributed by atoms with Crippen LogP contribution in [0.25, 0.3) is 0 Å². The van der Waals surface area contributed by atoms with Crippen molar-refractivity contribution in [1.29, 1.82) is 0 Å². The average Bonchev–Trinajstić information content (AvgIpc) is 2.55. The van der Waals surface area contributed by atoms with Crippen molar-refractivity contribution in [2.75, 3.05) is 19.6 Å². The molecule has 122 valence electrons. The van der Waals surface area contributed by atoms with Gasteiger partial charge >= 0.3 is 0 Å². The van der Waals surface area contributed by atoms with Gasteiger partial charge in [0.05, 0.1) is 0 Å². The summed E-state index contributed by atoms with van der Waals surface area (Å²) in [5, 5.41) is 3.10. The van der Waals surface area contributed by atoms with Crippen LogP contribution in [0, 0.1) is 6.92 Å². The Morgan fingerprint density at radius 3 is 2.68 bits per heavy atom. The van der Waals surface area contributed by atoms with E-state index >= 15 is 0 Å². The SMILES string of the molecule is Cc1ccccc1CCCC(=O)NCC(C)N1CCCCC1. The van der Waals surface area contributed by atoms with E-state index in [4.69, 9.17) is 0 Å². The van der Waals surface area contributed by atoms with E-state index in [-0.39, 0.29) is 5.91 Å². The first kappa shape index (κ1) is 17.0. The second kappa shape index (κ2) is 8.94. The van der Waals surface area contributed by atoms with Crippen LogP contribution in [0.15, 0.2) is 24.3 Å². The van der Waals surface area contributed by atoms with E-state index in [0.717, 1.165) is 19.4 Å². The molecule has 1 amide bonds. The van der Waals surface area contributed by atoms with Crippen LogP contribution in [0.4, 0.5) is 0 Å². The van der Waals surface area contributed by atoms with E-state index in [0.29, 0.717) is 12.5 Å². The summed E-state index contributed by atoms with van der Waals surface area (Å²) in [6, 6.07) is 8.89. The van der Waals surface area contributed by atoms with Crippen LogP contribution in [0.2, 0.25) is 0 Å². The molecule has 0 spiro atoms. The molecule has 1 N–H and O–H groups in total. The topological polar surface area (TPSA) is 32.3 Å². The highest BCUT2D eigenvalue weighted by Crippen LogP contribution is 2.12. The Hall–Kier alpha value is -1.35. The van der Waals surface area contributed by atoms with Gasteiger partial charge in [0, 0.05) is 19.0 Å². The van der Waals surface area contributed by atoms with Crippen molar-refractivity contribution in [3.05, 3.63) is 35.4 Å². The van der Waals surface area contributed by atoms with Crippen molar-refractivity contribution in [2.45, 2.75) is 58.4 Å². The minimum atomic E-state index is 0.192. The molecule has 0 aromatic heterocycles. The summed E-state index contributed by atoms with van der Waals surface area (Å²) in [5.74, 6) is 0.192. The van der Waals surface area contributed by atoms with Crippen LogP contribution in [0.3, 0.4) is 0 Å². The third-order valence-electron chi connectivity index (χ3n) is 4.72. The fourth-order valence-electron chi connectivity index (χ4n) is 3.17. The Morgan fingerprint density at radius 2 is 1.95 bits per heavy atom. The number of aryl methyl sites for hydroxylation is 2. The molecular weight excluding hydrogens is 272 g/mol. The number of benzene rings is 1. The first-order chi connectivity index (χ1) is 10.7. The molecular formula is C19H30N2O. The van der Waals surface area contributed by atoms with Gasteiger partial charge in [-0.05, 0) is 63.7 Å². The van der Waals surface area contributed by atoms with Crippen LogP contribution in [-0.4, -0.2) is 36.5 Å². The van der Waals surface area contributed by atoms with Crippen LogP contribution < -0.4 is 5.32 Å².